The minimum atomic E-state index is -0.577. The summed E-state index contributed by atoms with van der Waals surface area (Å²) >= 11 is 0. The molecule has 2 rings (SSSR count). The Labute approximate surface area is 142 Å². The molecule has 0 aliphatic carbocycles. The highest BCUT2D eigenvalue weighted by molar-refractivity contribution is 5.95. The quantitative estimate of drug-likeness (QED) is 0.832. The first-order valence-corrected chi connectivity index (χ1v) is 7.89. The minimum Gasteiger partial charge on any atom is -0.341 e. The average Bonchev–Trinajstić information content (AvgIpc) is 2.61. The number of carbonyl (C=O) groups excluding carboxylic acids is 2. The Morgan fingerprint density at radius 3 is 2.25 bits per heavy atom. The predicted octanol–water partition coefficient (Wildman–Crippen LogP) is 2.86. The summed E-state index contributed by atoms with van der Waals surface area (Å²) in [7, 11) is 1.73. The molecule has 0 unspecified atom stereocenters. The first kappa shape index (κ1) is 17.5. The molecule has 4 heteroatoms. The number of amides is 2. The molecular weight excluding hydrogens is 300 g/mol. The molecule has 0 spiro atoms. The van der Waals surface area contributed by atoms with Crippen LogP contribution in [0.3, 0.4) is 0 Å². The third-order valence-corrected chi connectivity index (χ3v) is 3.59. The Hall–Kier alpha value is -2.88. The fourth-order valence-electron chi connectivity index (χ4n) is 2.33. The van der Waals surface area contributed by atoms with Gasteiger partial charge in [0.05, 0.1) is 0 Å². The zero-order valence-corrected chi connectivity index (χ0v) is 14.0. The first-order valence-electron chi connectivity index (χ1n) is 7.89. The Kier molecular flexibility index (Phi) is 6.32. The molecule has 0 aliphatic heterocycles. The van der Waals surface area contributed by atoms with Crippen LogP contribution in [0.4, 0.5) is 0 Å². The van der Waals surface area contributed by atoms with Crippen LogP contribution in [0, 0.1) is 0 Å². The fraction of sp³-hybridized carbons (Fsp3) is 0.200. The van der Waals surface area contributed by atoms with Crippen LogP contribution in [-0.4, -0.2) is 29.8 Å². The summed E-state index contributed by atoms with van der Waals surface area (Å²) < 4.78 is 0. The van der Waals surface area contributed by atoms with E-state index in [0.29, 0.717) is 6.54 Å². The summed E-state index contributed by atoms with van der Waals surface area (Å²) in [6.45, 7) is 2.21. The van der Waals surface area contributed by atoms with Crippen molar-refractivity contribution in [1.29, 1.82) is 0 Å². The number of rotatable bonds is 6. The van der Waals surface area contributed by atoms with Crippen molar-refractivity contribution in [2.45, 2.75) is 19.5 Å². The molecule has 2 aromatic carbocycles. The van der Waals surface area contributed by atoms with Gasteiger partial charge in [-0.15, -0.1) is 0 Å². The zero-order valence-electron chi connectivity index (χ0n) is 14.0. The van der Waals surface area contributed by atoms with Crippen molar-refractivity contribution in [2.24, 2.45) is 0 Å². The van der Waals surface area contributed by atoms with Crippen LogP contribution in [0.5, 0.6) is 0 Å². The van der Waals surface area contributed by atoms with Gasteiger partial charge >= 0.3 is 0 Å². The van der Waals surface area contributed by atoms with Crippen molar-refractivity contribution in [3.63, 3.8) is 0 Å². The molecule has 0 aliphatic rings. The summed E-state index contributed by atoms with van der Waals surface area (Å²) in [4.78, 5) is 25.9. The van der Waals surface area contributed by atoms with Gasteiger partial charge in [-0.2, -0.15) is 0 Å². The number of hydrogen-bond acceptors (Lipinski definition) is 2. The lowest BCUT2D eigenvalue weighted by Crippen LogP contribution is -2.44. The summed E-state index contributed by atoms with van der Waals surface area (Å²) in [6.07, 6.45) is 3.16. The molecule has 0 radical (unpaired) electrons. The lowest BCUT2D eigenvalue weighted by atomic mass is 10.2. The highest BCUT2D eigenvalue weighted by Crippen LogP contribution is 2.05. The van der Waals surface area contributed by atoms with E-state index in [1.807, 2.05) is 60.7 Å². The lowest BCUT2D eigenvalue weighted by Gasteiger charge is -2.21. The monoisotopic (exact) mass is 322 g/mol. The van der Waals surface area contributed by atoms with Crippen molar-refractivity contribution >= 4 is 17.9 Å². The van der Waals surface area contributed by atoms with Gasteiger partial charge in [-0.25, -0.2) is 0 Å². The van der Waals surface area contributed by atoms with E-state index < -0.39 is 6.04 Å². The van der Waals surface area contributed by atoms with Gasteiger partial charge in [-0.1, -0.05) is 60.7 Å². The molecule has 0 aromatic heterocycles. The van der Waals surface area contributed by atoms with Crippen LogP contribution in [0.2, 0.25) is 0 Å². The van der Waals surface area contributed by atoms with E-state index >= 15 is 0 Å². The van der Waals surface area contributed by atoms with Crippen molar-refractivity contribution in [2.75, 3.05) is 7.05 Å². The Bertz CT molecular complexity index is 696. The molecule has 2 amide bonds. The third kappa shape index (κ3) is 5.39. The molecule has 0 heterocycles. The van der Waals surface area contributed by atoms with Crippen LogP contribution in [0.1, 0.15) is 18.1 Å². The van der Waals surface area contributed by atoms with Crippen LogP contribution < -0.4 is 5.32 Å². The molecule has 1 N–H and O–H groups in total. The van der Waals surface area contributed by atoms with Crippen molar-refractivity contribution in [3.05, 3.63) is 77.9 Å². The maximum Gasteiger partial charge on any atom is 0.244 e. The van der Waals surface area contributed by atoms with Crippen LogP contribution >= 0.6 is 0 Å². The molecule has 124 valence electrons. The highest BCUT2D eigenvalue weighted by Gasteiger charge is 2.18. The second-order valence-corrected chi connectivity index (χ2v) is 5.65. The van der Waals surface area contributed by atoms with Gasteiger partial charge in [0, 0.05) is 19.7 Å². The standard InChI is InChI=1S/C20H22N2O2/c1-16(20(24)22(2)15-18-11-7-4-8-12-18)21-19(23)14-13-17-9-5-3-6-10-17/h3-14,16H,15H2,1-2H3,(H,21,23)/b14-13+/t16-/m0/s1. The van der Waals surface area contributed by atoms with Gasteiger partial charge < -0.3 is 10.2 Å². The molecule has 0 fully saturated rings. The normalized spacial score (nSPS) is 11.9. The van der Waals surface area contributed by atoms with Crippen LogP contribution in [0.15, 0.2) is 66.7 Å². The smallest absolute Gasteiger partial charge is 0.244 e. The second kappa shape index (κ2) is 8.67. The second-order valence-electron chi connectivity index (χ2n) is 5.65. The Balaban J connectivity index is 1.86. The zero-order chi connectivity index (χ0) is 17.4. The molecule has 0 bridgehead atoms. The van der Waals surface area contributed by atoms with Gasteiger partial charge in [-0.05, 0) is 24.1 Å². The number of carbonyl (C=O) groups is 2. The molecule has 0 saturated carbocycles. The third-order valence-electron chi connectivity index (χ3n) is 3.59. The van der Waals surface area contributed by atoms with E-state index in [1.165, 1.54) is 6.08 Å². The molecule has 1 atom stereocenters. The van der Waals surface area contributed by atoms with E-state index in [1.54, 1.807) is 24.9 Å². The number of hydrogen-bond donors (Lipinski definition) is 1. The molecule has 24 heavy (non-hydrogen) atoms. The lowest BCUT2D eigenvalue weighted by molar-refractivity contribution is -0.134. The Morgan fingerprint density at radius 1 is 1.04 bits per heavy atom. The van der Waals surface area contributed by atoms with Gasteiger partial charge in [0.15, 0.2) is 0 Å². The number of benzene rings is 2. The molecule has 4 nitrogen and oxygen atoms in total. The van der Waals surface area contributed by atoms with Crippen molar-refractivity contribution in [3.8, 4) is 0 Å². The summed E-state index contributed by atoms with van der Waals surface area (Å²) in [5.41, 5.74) is 1.99. The number of nitrogens with zero attached hydrogens (tertiary/aromatic N) is 1. The predicted molar refractivity (Wildman–Crippen MR) is 96.0 cm³/mol. The number of nitrogens with one attached hydrogen (secondary N) is 1. The van der Waals surface area contributed by atoms with E-state index in [9.17, 15) is 9.59 Å². The number of likely N-dealkylation sites (N-methyl/N-ethyl adjacent to an activating group) is 1. The van der Waals surface area contributed by atoms with E-state index in [4.69, 9.17) is 0 Å². The van der Waals surface area contributed by atoms with Crippen molar-refractivity contribution in [1.82, 2.24) is 10.2 Å². The van der Waals surface area contributed by atoms with Gasteiger partial charge in [0.1, 0.15) is 6.04 Å². The SMILES string of the molecule is C[C@H](NC(=O)/C=C/c1ccccc1)C(=O)N(C)Cc1ccccc1. The van der Waals surface area contributed by atoms with Crippen LogP contribution in [-0.2, 0) is 16.1 Å². The van der Waals surface area contributed by atoms with Gasteiger partial charge in [-0.3, -0.25) is 9.59 Å². The average molecular weight is 322 g/mol. The van der Waals surface area contributed by atoms with Crippen LogP contribution in [0.25, 0.3) is 6.08 Å². The highest BCUT2D eigenvalue weighted by atomic mass is 16.2. The topological polar surface area (TPSA) is 49.4 Å². The van der Waals surface area contributed by atoms with E-state index in [2.05, 4.69) is 5.32 Å². The Morgan fingerprint density at radius 2 is 1.62 bits per heavy atom. The van der Waals surface area contributed by atoms with Gasteiger partial charge in [0.2, 0.25) is 11.8 Å². The van der Waals surface area contributed by atoms with Crippen molar-refractivity contribution < 1.29 is 9.59 Å². The minimum absolute atomic E-state index is 0.125. The molecule has 2 aromatic rings. The maximum absolute atomic E-state index is 12.3. The molecular formula is C20H22N2O2. The fourth-order valence-corrected chi connectivity index (χ4v) is 2.33. The van der Waals surface area contributed by atoms with E-state index in [0.717, 1.165) is 11.1 Å². The molecule has 0 saturated heterocycles. The first-order chi connectivity index (χ1) is 11.6. The maximum atomic E-state index is 12.3. The summed E-state index contributed by atoms with van der Waals surface area (Å²) in [5, 5.41) is 2.70. The summed E-state index contributed by atoms with van der Waals surface area (Å²) in [5.74, 6) is -0.409. The van der Waals surface area contributed by atoms with E-state index in [-0.39, 0.29) is 11.8 Å². The largest absolute Gasteiger partial charge is 0.341 e. The summed E-state index contributed by atoms with van der Waals surface area (Å²) in [6, 6.07) is 18.7. The van der Waals surface area contributed by atoms with Gasteiger partial charge in [0.25, 0.3) is 0 Å².